The van der Waals surface area contributed by atoms with E-state index >= 15 is 0 Å². The van der Waals surface area contributed by atoms with Gasteiger partial charge in [-0.3, -0.25) is 34.2 Å². The molecule has 0 saturated heterocycles. The lowest BCUT2D eigenvalue weighted by molar-refractivity contribution is -0.384. The molecule has 0 spiro atoms. The normalized spacial score (nSPS) is 14.0. The number of fused-ring (bicyclic) bond motifs is 1. The molecule has 172 valence electrons. The number of non-ortho nitro benzene ring substituents is 1. The number of hydrogen-bond donors (Lipinski definition) is 2. The van der Waals surface area contributed by atoms with E-state index < -0.39 is 47.3 Å². The minimum Gasteiger partial charge on any atom is -0.454 e. The van der Waals surface area contributed by atoms with Crippen LogP contribution in [0.25, 0.3) is 0 Å². The molecule has 0 aliphatic carbocycles. The Bertz CT molecular complexity index is 1170. The Kier molecular flexibility index (Phi) is 6.63. The van der Waals surface area contributed by atoms with Crippen molar-refractivity contribution in [2.75, 3.05) is 23.4 Å². The first-order valence-electron chi connectivity index (χ1n) is 9.63. The molecule has 0 saturated carbocycles. The van der Waals surface area contributed by atoms with Crippen molar-refractivity contribution >= 4 is 52.4 Å². The van der Waals surface area contributed by atoms with Crippen LogP contribution in [0.4, 0.5) is 17.1 Å². The second kappa shape index (κ2) is 9.25. The van der Waals surface area contributed by atoms with Gasteiger partial charge in [-0.2, -0.15) is 0 Å². The molecule has 1 aliphatic heterocycles. The van der Waals surface area contributed by atoms with Crippen molar-refractivity contribution in [3.63, 3.8) is 0 Å². The third kappa shape index (κ3) is 5.09. The number of anilines is 2. The first-order chi connectivity index (χ1) is 15.5. The Balaban J connectivity index is 1.61. The fourth-order valence-corrected chi connectivity index (χ4v) is 3.45. The maximum Gasteiger partial charge on any atom is 0.325 e. The molecule has 0 bridgehead atoms. The van der Waals surface area contributed by atoms with E-state index in [0.717, 1.165) is 12.1 Å². The number of benzene rings is 2. The maximum atomic E-state index is 12.8. The summed E-state index contributed by atoms with van der Waals surface area (Å²) in [5.74, 6) is -2.73. The summed E-state index contributed by atoms with van der Waals surface area (Å²) in [5, 5.41) is 15.9. The first-order valence-corrected chi connectivity index (χ1v) is 10.0. The summed E-state index contributed by atoms with van der Waals surface area (Å²) >= 11 is 5.78. The standard InChI is InChI=1S/C21H19ClN4O7/c1-21(2)20(30)24-15-5-3-4-6-16(15)25(21)17(27)11-33-18(28)10-23-19(29)12-7-13(22)9-14(8-12)26(31)32/h3-9H,10-11H2,1-2H3,(H,23,29)(H,24,30). The predicted octanol–water partition coefficient (Wildman–Crippen LogP) is 2.29. The minimum absolute atomic E-state index is 0.0176. The Morgan fingerprint density at radius 2 is 1.91 bits per heavy atom. The highest BCUT2D eigenvalue weighted by atomic mass is 35.5. The van der Waals surface area contributed by atoms with Crippen molar-refractivity contribution in [1.29, 1.82) is 0 Å². The molecular formula is C21H19ClN4O7. The number of nitrogens with zero attached hydrogens (tertiary/aromatic N) is 2. The molecule has 3 rings (SSSR count). The summed E-state index contributed by atoms with van der Waals surface area (Å²) in [6.45, 7) is 1.86. The van der Waals surface area contributed by atoms with Crippen LogP contribution < -0.4 is 15.5 Å². The lowest BCUT2D eigenvalue weighted by Crippen LogP contribution is -2.59. The number of nitro groups is 1. The molecule has 2 aromatic rings. The quantitative estimate of drug-likeness (QED) is 0.370. The number of ether oxygens (including phenoxy) is 1. The fraction of sp³-hybridized carbons (Fsp3) is 0.238. The molecule has 3 amide bonds. The van der Waals surface area contributed by atoms with Crippen molar-refractivity contribution < 1.29 is 28.8 Å². The summed E-state index contributed by atoms with van der Waals surface area (Å²) < 4.78 is 4.96. The van der Waals surface area contributed by atoms with Crippen molar-refractivity contribution in [2.45, 2.75) is 19.4 Å². The van der Waals surface area contributed by atoms with Gasteiger partial charge in [0, 0.05) is 22.7 Å². The van der Waals surface area contributed by atoms with Gasteiger partial charge in [-0.25, -0.2) is 0 Å². The zero-order valence-electron chi connectivity index (χ0n) is 17.6. The van der Waals surface area contributed by atoms with Crippen molar-refractivity contribution in [2.24, 2.45) is 0 Å². The van der Waals surface area contributed by atoms with Crippen molar-refractivity contribution in [3.05, 3.63) is 63.2 Å². The zero-order chi connectivity index (χ0) is 24.3. The minimum atomic E-state index is -1.23. The number of esters is 1. The van der Waals surface area contributed by atoms with E-state index in [-0.39, 0.29) is 16.3 Å². The molecule has 12 heteroatoms. The summed E-state index contributed by atoms with van der Waals surface area (Å²) in [6, 6.07) is 10.0. The van der Waals surface area contributed by atoms with Gasteiger partial charge in [0.2, 0.25) is 5.91 Å². The van der Waals surface area contributed by atoms with Crippen LogP contribution in [0.2, 0.25) is 5.02 Å². The molecule has 1 heterocycles. The Morgan fingerprint density at radius 3 is 2.61 bits per heavy atom. The zero-order valence-corrected chi connectivity index (χ0v) is 18.3. The molecule has 0 radical (unpaired) electrons. The van der Waals surface area contributed by atoms with Gasteiger partial charge in [0.1, 0.15) is 12.1 Å². The van der Waals surface area contributed by atoms with Crippen LogP contribution in [0.5, 0.6) is 0 Å². The topological polar surface area (TPSA) is 148 Å². The average Bonchev–Trinajstić information content (AvgIpc) is 2.76. The smallest absolute Gasteiger partial charge is 0.325 e. The number of nitrogens with one attached hydrogen (secondary N) is 2. The second-order valence-electron chi connectivity index (χ2n) is 7.56. The van der Waals surface area contributed by atoms with Gasteiger partial charge < -0.3 is 15.4 Å². The molecular weight excluding hydrogens is 456 g/mol. The number of nitro benzene ring substituents is 1. The fourth-order valence-electron chi connectivity index (χ4n) is 3.22. The van der Waals surface area contributed by atoms with Crippen LogP contribution in [0.1, 0.15) is 24.2 Å². The van der Waals surface area contributed by atoms with Crippen LogP contribution in [-0.4, -0.2) is 47.3 Å². The SMILES string of the molecule is CC1(C)C(=O)Nc2ccccc2N1C(=O)COC(=O)CNC(=O)c1cc(Cl)cc([N+](=O)[O-])c1. The molecule has 11 nitrogen and oxygen atoms in total. The largest absolute Gasteiger partial charge is 0.454 e. The lowest BCUT2D eigenvalue weighted by atomic mass is 9.96. The molecule has 0 fully saturated rings. The third-order valence-electron chi connectivity index (χ3n) is 4.86. The van der Waals surface area contributed by atoms with Gasteiger partial charge in [-0.15, -0.1) is 0 Å². The van der Waals surface area contributed by atoms with Gasteiger partial charge in [0.15, 0.2) is 6.61 Å². The van der Waals surface area contributed by atoms with E-state index in [1.807, 2.05) is 0 Å². The van der Waals surface area contributed by atoms with E-state index in [1.54, 1.807) is 38.1 Å². The molecule has 1 aliphatic rings. The van der Waals surface area contributed by atoms with Crippen LogP contribution in [0, 0.1) is 10.1 Å². The van der Waals surface area contributed by atoms with E-state index in [1.165, 1.54) is 11.0 Å². The third-order valence-corrected chi connectivity index (χ3v) is 5.08. The average molecular weight is 475 g/mol. The molecule has 33 heavy (non-hydrogen) atoms. The van der Waals surface area contributed by atoms with Gasteiger partial charge >= 0.3 is 5.97 Å². The van der Waals surface area contributed by atoms with Crippen LogP contribution >= 0.6 is 11.6 Å². The molecule has 0 atom stereocenters. The molecule has 2 N–H and O–H groups in total. The Morgan fingerprint density at radius 1 is 1.21 bits per heavy atom. The number of hydrogen-bond acceptors (Lipinski definition) is 7. The van der Waals surface area contributed by atoms with Crippen LogP contribution in [0.15, 0.2) is 42.5 Å². The van der Waals surface area contributed by atoms with Gasteiger partial charge in [-0.05, 0) is 32.0 Å². The number of halogens is 1. The monoisotopic (exact) mass is 474 g/mol. The number of amides is 3. The van der Waals surface area contributed by atoms with E-state index in [9.17, 15) is 29.3 Å². The van der Waals surface area contributed by atoms with Crippen LogP contribution in [-0.2, 0) is 19.1 Å². The highest BCUT2D eigenvalue weighted by Crippen LogP contribution is 2.36. The Labute approximate surface area is 192 Å². The highest BCUT2D eigenvalue weighted by Gasteiger charge is 2.43. The molecule has 2 aromatic carbocycles. The van der Waals surface area contributed by atoms with Crippen molar-refractivity contribution in [1.82, 2.24) is 5.32 Å². The second-order valence-corrected chi connectivity index (χ2v) is 7.99. The molecule has 0 unspecified atom stereocenters. The summed E-state index contributed by atoms with van der Waals surface area (Å²) in [7, 11) is 0. The van der Waals surface area contributed by atoms with E-state index in [2.05, 4.69) is 10.6 Å². The number of para-hydroxylation sites is 2. The first kappa shape index (κ1) is 23.7. The predicted molar refractivity (Wildman–Crippen MR) is 118 cm³/mol. The summed E-state index contributed by atoms with van der Waals surface area (Å²) in [5.41, 5.74) is -0.818. The molecule has 0 aromatic heterocycles. The van der Waals surface area contributed by atoms with E-state index in [0.29, 0.717) is 11.4 Å². The van der Waals surface area contributed by atoms with Gasteiger partial charge in [-0.1, -0.05) is 23.7 Å². The number of carbonyl (C=O) groups excluding carboxylic acids is 4. The summed E-state index contributed by atoms with van der Waals surface area (Å²) in [4.78, 5) is 60.9. The van der Waals surface area contributed by atoms with Crippen molar-refractivity contribution in [3.8, 4) is 0 Å². The van der Waals surface area contributed by atoms with E-state index in [4.69, 9.17) is 16.3 Å². The van der Waals surface area contributed by atoms with Gasteiger partial charge in [0.05, 0.1) is 16.3 Å². The Hall–Kier alpha value is -3.99. The maximum absolute atomic E-state index is 12.8. The highest BCUT2D eigenvalue weighted by molar-refractivity contribution is 6.31. The number of rotatable bonds is 6. The summed E-state index contributed by atoms with van der Waals surface area (Å²) in [6.07, 6.45) is 0. The van der Waals surface area contributed by atoms with Gasteiger partial charge in [0.25, 0.3) is 17.5 Å². The van der Waals surface area contributed by atoms with Crippen LogP contribution in [0.3, 0.4) is 0 Å². The lowest BCUT2D eigenvalue weighted by Gasteiger charge is -2.41. The number of carbonyl (C=O) groups is 4.